The number of alkyl halides is 3. The van der Waals surface area contributed by atoms with Gasteiger partial charge in [-0.05, 0) is 19.1 Å². The summed E-state index contributed by atoms with van der Waals surface area (Å²) in [5.41, 5.74) is -2.06. The van der Waals surface area contributed by atoms with Crippen molar-refractivity contribution in [2.24, 2.45) is 0 Å². The van der Waals surface area contributed by atoms with Gasteiger partial charge >= 0.3 is 6.18 Å². The minimum Gasteiger partial charge on any atom is -0.379 e. The number of amides is 1. The number of hydrogen-bond donors (Lipinski definition) is 1. The van der Waals surface area contributed by atoms with E-state index in [0.717, 1.165) is 29.9 Å². The summed E-state index contributed by atoms with van der Waals surface area (Å²) < 4.78 is 46.3. The summed E-state index contributed by atoms with van der Waals surface area (Å²) in [5, 5.41) is 6.55. The molecule has 1 amide bonds. The molecule has 7 nitrogen and oxygen atoms in total. The lowest BCUT2D eigenvalue weighted by Gasteiger charge is -2.26. The molecule has 29 heavy (non-hydrogen) atoms. The second kappa shape index (κ2) is 8.75. The molecule has 1 aliphatic rings. The fourth-order valence-corrected chi connectivity index (χ4v) is 3.08. The molecule has 0 saturated carbocycles. The molecule has 3 rings (SSSR count). The molecule has 0 atom stereocenters. The average molecular weight is 410 g/mol. The van der Waals surface area contributed by atoms with E-state index >= 15 is 0 Å². The Bertz CT molecular complexity index is 937. The number of aromatic nitrogens is 2. The first kappa shape index (κ1) is 21.0. The Morgan fingerprint density at radius 1 is 1.24 bits per heavy atom. The molecular formula is C19H21F3N4O3. The molecule has 0 aliphatic carbocycles. The number of morpholine rings is 1. The maximum absolute atomic E-state index is 13.4. The van der Waals surface area contributed by atoms with E-state index in [4.69, 9.17) is 4.74 Å². The number of carbonyl (C=O) groups is 1. The van der Waals surface area contributed by atoms with Gasteiger partial charge in [-0.2, -0.15) is 18.3 Å². The highest BCUT2D eigenvalue weighted by atomic mass is 19.4. The monoisotopic (exact) mass is 410 g/mol. The summed E-state index contributed by atoms with van der Waals surface area (Å²) in [5.74, 6) is -0.721. The second-order valence-electron chi connectivity index (χ2n) is 6.64. The van der Waals surface area contributed by atoms with E-state index in [1.54, 1.807) is 0 Å². The van der Waals surface area contributed by atoms with Crippen molar-refractivity contribution in [1.29, 1.82) is 0 Å². The van der Waals surface area contributed by atoms with E-state index in [-0.39, 0.29) is 17.9 Å². The molecular weight excluding hydrogens is 389 g/mol. The van der Waals surface area contributed by atoms with Crippen LogP contribution in [0.1, 0.15) is 21.7 Å². The Labute approximate surface area is 165 Å². The predicted molar refractivity (Wildman–Crippen MR) is 99.2 cm³/mol. The van der Waals surface area contributed by atoms with E-state index < -0.39 is 28.8 Å². The number of carbonyl (C=O) groups excluding carboxylic acids is 1. The average Bonchev–Trinajstić information content (AvgIpc) is 2.68. The van der Waals surface area contributed by atoms with E-state index in [1.807, 2.05) is 0 Å². The molecule has 0 bridgehead atoms. The zero-order chi connectivity index (χ0) is 21.0. The minimum absolute atomic E-state index is 0.191. The third-order valence-electron chi connectivity index (χ3n) is 4.58. The van der Waals surface area contributed by atoms with Gasteiger partial charge in [0.25, 0.3) is 5.91 Å². The van der Waals surface area contributed by atoms with E-state index in [9.17, 15) is 22.8 Å². The van der Waals surface area contributed by atoms with Crippen molar-refractivity contribution in [1.82, 2.24) is 20.0 Å². The molecule has 1 aromatic heterocycles. The number of aryl methyl sites for hydroxylation is 1. The van der Waals surface area contributed by atoms with Crippen molar-refractivity contribution >= 4 is 5.91 Å². The molecule has 1 aromatic carbocycles. The number of nitrogens with zero attached hydrogens (tertiary/aromatic N) is 3. The Morgan fingerprint density at radius 2 is 1.93 bits per heavy atom. The lowest BCUT2D eigenvalue weighted by atomic mass is 10.1. The quantitative estimate of drug-likeness (QED) is 0.811. The number of benzene rings is 1. The number of ether oxygens (including phenoxy) is 1. The van der Waals surface area contributed by atoms with E-state index in [1.165, 1.54) is 25.1 Å². The third-order valence-corrected chi connectivity index (χ3v) is 4.58. The van der Waals surface area contributed by atoms with Crippen LogP contribution in [0.3, 0.4) is 0 Å². The third kappa shape index (κ3) is 5.01. The topological polar surface area (TPSA) is 76.5 Å². The van der Waals surface area contributed by atoms with Crippen LogP contribution < -0.4 is 10.7 Å². The van der Waals surface area contributed by atoms with Gasteiger partial charge in [0.15, 0.2) is 5.69 Å². The standard InChI is InChI=1S/C19H21F3N4O3/c1-13-12-16(27)17(18(28)23-6-7-25-8-10-29-11-9-25)24-26(13)15-5-3-2-4-14(15)19(20,21)22/h2-5,12H,6-11H2,1H3,(H,23,28). The van der Waals surface area contributed by atoms with Crippen LogP contribution in [0.2, 0.25) is 0 Å². The number of para-hydroxylation sites is 1. The molecule has 0 spiro atoms. The minimum atomic E-state index is -4.60. The largest absolute Gasteiger partial charge is 0.418 e. The summed E-state index contributed by atoms with van der Waals surface area (Å²) in [6.45, 7) is 5.06. The van der Waals surface area contributed by atoms with Crippen molar-refractivity contribution in [2.75, 3.05) is 39.4 Å². The molecule has 156 valence electrons. The van der Waals surface area contributed by atoms with Gasteiger partial charge < -0.3 is 10.1 Å². The van der Waals surface area contributed by atoms with E-state index in [2.05, 4.69) is 15.3 Å². The van der Waals surface area contributed by atoms with Crippen molar-refractivity contribution in [2.45, 2.75) is 13.1 Å². The van der Waals surface area contributed by atoms with Gasteiger partial charge in [-0.1, -0.05) is 12.1 Å². The number of nitrogens with one attached hydrogen (secondary N) is 1. The number of rotatable bonds is 5. The smallest absolute Gasteiger partial charge is 0.379 e. The van der Waals surface area contributed by atoms with Crippen molar-refractivity contribution in [3.63, 3.8) is 0 Å². The highest BCUT2D eigenvalue weighted by Gasteiger charge is 2.34. The van der Waals surface area contributed by atoms with Crippen LogP contribution in [0.25, 0.3) is 5.69 Å². The van der Waals surface area contributed by atoms with Crippen molar-refractivity contribution in [3.8, 4) is 5.69 Å². The molecule has 2 aromatic rings. The van der Waals surface area contributed by atoms with Crippen molar-refractivity contribution < 1.29 is 22.7 Å². The van der Waals surface area contributed by atoms with E-state index in [0.29, 0.717) is 19.8 Å². The molecule has 1 fully saturated rings. The Balaban J connectivity index is 1.83. The molecule has 2 heterocycles. The first-order valence-corrected chi connectivity index (χ1v) is 9.13. The van der Waals surface area contributed by atoms with Crippen LogP contribution in [0, 0.1) is 6.92 Å². The molecule has 0 radical (unpaired) electrons. The molecule has 1 N–H and O–H groups in total. The van der Waals surface area contributed by atoms with Crippen LogP contribution in [-0.4, -0.2) is 60.0 Å². The summed E-state index contributed by atoms with van der Waals surface area (Å²) >= 11 is 0. The Morgan fingerprint density at radius 3 is 2.62 bits per heavy atom. The predicted octanol–water partition coefficient (Wildman–Crippen LogP) is 1.62. The van der Waals surface area contributed by atoms with Crippen LogP contribution in [0.4, 0.5) is 13.2 Å². The van der Waals surface area contributed by atoms with Crippen LogP contribution in [-0.2, 0) is 10.9 Å². The number of hydrogen-bond acceptors (Lipinski definition) is 5. The lowest BCUT2D eigenvalue weighted by Crippen LogP contribution is -2.42. The molecule has 1 aliphatic heterocycles. The van der Waals surface area contributed by atoms with Gasteiger partial charge in [0.2, 0.25) is 5.43 Å². The first-order chi connectivity index (χ1) is 13.8. The summed E-state index contributed by atoms with van der Waals surface area (Å²) in [6.07, 6.45) is -4.60. The summed E-state index contributed by atoms with van der Waals surface area (Å²) in [4.78, 5) is 26.8. The highest BCUT2D eigenvalue weighted by molar-refractivity contribution is 5.92. The van der Waals surface area contributed by atoms with Crippen LogP contribution in [0.15, 0.2) is 35.1 Å². The van der Waals surface area contributed by atoms with Gasteiger partial charge in [-0.15, -0.1) is 0 Å². The Kier molecular flexibility index (Phi) is 6.33. The van der Waals surface area contributed by atoms with Gasteiger partial charge in [0, 0.05) is 37.9 Å². The fourth-order valence-electron chi connectivity index (χ4n) is 3.08. The zero-order valence-electron chi connectivity index (χ0n) is 15.8. The van der Waals surface area contributed by atoms with Gasteiger partial charge in [0.05, 0.1) is 24.5 Å². The van der Waals surface area contributed by atoms with Crippen LogP contribution >= 0.6 is 0 Å². The highest BCUT2D eigenvalue weighted by Crippen LogP contribution is 2.33. The molecule has 0 unspecified atom stereocenters. The maximum atomic E-state index is 13.4. The maximum Gasteiger partial charge on any atom is 0.418 e. The molecule has 1 saturated heterocycles. The number of halogens is 3. The summed E-state index contributed by atoms with van der Waals surface area (Å²) in [7, 11) is 0. The Hall–Kier alpha value is -2.72. The first-order valence-electron chi connectivity index (χ1n) is 9.13. The van der Waals surface area contributed by atoms with Gasteiger partial charge in [-0.25, -0.2) is 4.68 Å². The fraction of sp³-hybridized carbons (Fsp3) is 0.421. The van der Waals surface area contributed by atoms with Crippen molar-refractivity contribution in [3.05, 3.63) is 57.5 Å². The van der Waals surface area contributed by atoms with Crippen LogP contribution in [0.5, 0.6) is 0 Å². The van der Waals surface area contributed by atoms with Gasteiger partial charge in [-0.3, -0.25) is 14.5 Å². The second-order valence-corrected chi connectivity index (χ2v) is 6.64. The van der Waals surface area contributed by atoms with Gasteiger partial charge in [0.1, 0.15) is 0 Å². The summed E-state index contributed by atoms with van der Waals surface area (Å²) in [6, 6.07) is 5.98. The normalized spacial score (nSPS) is 15.3. The molecule has 10 heteroatoms. The lowest BCUT2D eigenvalue weighted by molar-refractivity contribution is -0.137. The zero-order valence-corrected chi connectivity index (χ0v) is 15.8. The SMILES string of the molecule is Cc1cc(=O)c(C(=O)NCCN2CCOCC2)nn1-c1ccccc1C(F)(F)F.